The fraction of sp³-hybridized carbons (Fsp3) is 0.154. The molecule has 0 saturated heterocycles. The van der Waals surface area contributed by atoms with E-state index in [-0.39, 0.29) is 11.4 Å². The summed E-state index contributed by atoms with van der Waals surface area (Å²) in [4.78, 5) is 22.9. The first-order valence-electron chi connectivity index (χ1n) is 5.81. The van der Waals surface area contributed by atoms with E-state index in [1.54, 1.807) is 19.1 Å². The predicted molar refractivity (Wildman–Crippen MR) is 90.2 cm³/mol. The number of rotatable bonds is 3. The van der Waals surface area contributed by atoms with E-state index in [2.05, 4.69) is 37.2 Å². The van der Waals surface area contributed by atoms with Crippen molar-refractivity contribution in [3.05, 3.63) is 52.6 Å². The summed E-state index contributed by atoms with van der Waals surface area (Å²) in [5.74, 6) is -0.393. The van der Waals surface area contributed by atoms with Crippen molar-refractivity contribution < 1.29 is 9.72 Å². The molecule has 5 nitrogen and oxygen atoms in total. The predicted octanol–water partition coefficient (Wildman–Crippen LogP) is 5.05. The first kappa shape index (κ1) is 16.1. The number of amides is 1. The number of nitrogens with zero attached hydrogens (tertiary/aromatic N) is 1. The Morgan fingerprint density at radius 1 is 1.24 bits per heavy atom. The molecule has 110 valence electrons. The summed E-state index contributed by atoms with van der Waals surface area (Å²) < 4.78 is 1.47. The van der Waals surface area contributed by atoms with Crippen LogP contribution in [0.3, 0.4) is 0 Å². The number of halogens is 2. The van der Waals surface area contributed by atoms with Gasteiger partial charge in [0, 0.05) is 6.07 Å². The van der Waals surface area contributed by atoms with Gasteiger partial charge < -0.3 is 5.32 Å². The quantitative estimate of drug-likeness (QED) is 0.543. The number of anilines is 1. The minimum absolute atomic E-state index is 0.114. The molecule has 0 bridgehead atoms. The van der Waals surface area contributed by atoms with Gasteiger partial charge in [-0.05, 0) is 69.0 Å². The maximum Gasteiger partial charge on any atom is 0.293 e. The third kappa shape index (κ3) is 3.50. The summed E-state index contributed by atoms with van der Waals surface area (Å²) in [6.45, 7) is 3.63. The molecule has 0 aliphatic rings. The van der Waals surface area contributed by atoms with Crippen molar-refractivity contribution in [3.63, 3.8) is 0 Å². The van der Waals surface area contributed by atoms with Gasteiger partial charge in [0.25, 0.3) is 11.6 Å². The van der Waals surface area contributed by atoms with Crippen molar-refractivity contribution in [3.8, 4) is 0 Å². The van der Waals surface area contributed by atoms with Gasteiger partial charge in [-0.2, -0.15) is 0 Å². The van der Waals surface area contributed by atoms with Gasteiger partial charge in [-0.1, -0.05) is 0 Å². The number of carbonyl (C=O) groups is 1. The van der Waals surface area contributed by atoms with Gasteiger partial charge in [-0.15, -0.1) is 11.3 Å². The van der Waals surface area contributed by atoms with Crippen LogP contribution < -0.4 is 5.32 Å². The molecular weight excluding hydrogens is 424 g/mol. The number of carbonyl (C=O) groups excluding carboxylic acids is 1. The second-order valence-corrected chi connectivity index (χ2v) is 8.15. The maximum atomic E-state index is 12.2. The van der Waals surface area contributed by atoms with Crippen LogP contribution in [0.25, 0.3) is 0 Å². The molecule has 0 unspecified atom stereocenters. The molecule has 8 heteroatoms. The van der Waals surface area contributed by atoms with Gasteiger partial charge in [0.1, 0.15) is 5.69 Å². The van der Waals surface area contributed by atoms with Crippen molar-refractivity contribution in [2.24, 2.45) is 0 Å². The van der Waals surface area contributed by atoms with Gasteiger partial charge in [0.05, 0.1) is 18.1 Å². The molecule has 0 atom stereocenters. The third-order valence-corrected chi connectivity index (χ3v) is 5.30. The van der Waals surface area contributed by atoms with Crippen molar-refractivity contribution in [1.29, 1.82) is 0 Å². The summed E-state index contributed by atoms with van der Waals surface area (Å²) in [7, 11) is 0. The second kappa shape index (κ2) is 6.25. The molecule has 21 heavy (non-hydrogen) atoms. The van der Waals surface area contributed by atoms with E-state index in [0.717, 1.165) is 14.9 Å². The summed E-state index contributed by atoms with van der Waals surface area (Å²) in [5, 5.41) is 13.7. The Hall–Kier alpha value is -1.25. The van der Waals surface area contributed by atoms with Crippen LogP contribution in [0.15, 0.2) is 25.8 Å². The van der Waals surface area contributed by atoms with Crippen LogP contribution in [0.4, 0.5) is 11.4 Å². The highest BCUT2D eigenvalue weighted by Crippen LogP contribution is 2.33. The fourth-order valence-electron chi connectivity index (χ4n) is 1.74. The van der Waals surface area contributed by atoms with Crippen LogP contribution in [-0.2, 0) is 0 Å². The second-order valence-electron chi connectivity index (χ2n) is 4.40. The molecule has 0 radical (unpaired) electrons. The topological polar surface area (TPSA) is 72.2 Å². The molecule has 1 N–H and O–H groups in total. The Balaban J connectivity index is 2.39. The average molecular weight is 434 g/mol. The molecule has 1 heterocycles. The Morgan fingerprint density at radius 3 is 2.38 bits per heavy atom. The van der Waals surface area contributed by atoms with Crippen LogP contribution in [-0.4, -0.2) is 10.8 Å². The number of nitrogens with one attached hydrogen (secondary N) is 1. The molecule has 2 rings (SSSR count). The molecule has 0 saturated carbocycles. The van der Waals surface area contributed by atoms with E-state index in [9.17, 15) is 14.9 Å². The molecule has 2 aromatic rings. The van der Waals surface area contributed by atoms with Crippen LogP contribution in [0.2, 0.25) is 0 Å². The minimum atomic E-state index is -0.499. The molecule has 0 aliphatic heterocycles. The van der Waals surface area contributed by atoms with Crippen molar-refractivity contribution in [1.82, 2.24) is 0 Å². The number of nitro groups is 1. The smallest absolute Gasteiger partial charge is 0.293 e. The number of thiophene rings is 1. The van der Waals surface area contributed by atoms with Gasteiger partial charge in [-0.25, -0.2) is 0 Å². The number of hydrogen-bond donors (Lipinski definition) is 1. The molecule has 1 aromatic heterocycles. The van der Waals surface area contributed by atoms with Gasteiger partial charge in [-0.3, -0.25) is 14.9 Å². The summed E-state index contributed by atoms with van der Waals surface area (Å²) in [6.07, 6.45) is 0. The first-order chi connectivity index (χ1) is 9.79. The van der Waals surface area contributed by atoms with E-state index in [0.29, 0.717) is 9.35 Å². The summed E-state index contributed by atoms with van der Waals surface area (Å²) >= 11 is 7.96. The summed E-state index contributed by atoms with van der Waals surface area (Å²) in [6, 6.07) is 4.74. The number of benzene rings is 1. The van der Waals surface area contributed by atoms with Crippen molar-refractivity contribution in [2.45, 2.75) is 13.8 Å². The minimum Gasteiger partial charge on any atom is -0.316 e. The molecule has 1 amide bonds. The van der Waals surface area contributed by atoms with E-state index in [4.69, 9.17) is 0 Å². The lowest BCUT2D eigenvalue weighted by atomic mass is 10.1. The van der Waals surface area contributed by atoms with Gasteiger partial charge >= 0.3 is 0 Å². The first-order valence-corrected chi connectivity index (χ1v) is 8.21. The number of hydrogen-bond acceptors (Lipinski definition) is 4. The van der Waals surface area contributed by atoms with Crippen LogP contribution in [0, 0.1) is 24.0 Å². The highest BCUT2D eigenvalue weighted by Gasteiger charge is 2.20. The average Bonchev–Trinajstić information content (AvgIpc) is 2.72. The zero-order valence-electron chi connectivity index (χ0n) is 11.1. The lowest BCUT2D eigenvalue weighted by molar-refractivity contribution is -0.384. The third-order valence-electron chi connectivity index (χ3n) is 2.96. The van der Waals surface area contributed by atoms with E-state index < -0.39 is 10.8 Å². The SMILES string of the molecule is Cc1cc(NC(=O)c2cc(Br)sc2Br)c([N+](=O)[O-])cc1C. The van der Waals surface area contributed by atoms with Crippen LogP contribution >= 0.6 is 43.2 Å². The molecule has 1 aromatic carbocycles. The highest BCUT2D eigenvalue weighted by molar-refractivity contribution is 9.12. The monoisotopic (exact) mass is 432 g/mol. The number of aryl methyl sites for hydroxylation is 2. The standard InChI is InChI=1S/C13H10Br2N2O3S/c1-6-3-9(10(17(19)20)4-7(6)2)16-13(18)8-5-11(14)21-12(8)15/h3-5H,1-2H3,(H,16,18). The Bertz CT molecular complexity index is 743. The number of nitro benzene ring substituents is 1. The van der Waals surface area contributed by atoms with Crippen LogP contribution in [0.1, 0.15) is 21.5 Å². The Labute approximate surface area is 141 Å². The van der Waals surface area contributed by atoms with Crippen molar-refractivity contribution >= 4 is 60.5 Å². The molecule has 0 fully saturated rings. The van der Waals surface area contributed by atoms with E-state index in [1.807, 2.05) is 6.92 Å². The zero-order valence-corrected chi connectivity index (χ0v) is 15.1. The highest BCUT2D eigenvalue weighted by atomic mass is 79.9. The summed E-state index contributed by atoms with van der Waals surface area (Å²) in [5.41, 5.74) is 2.19. The maximum absolute atomic E-state index is 12.2. The molecular formula is C13H10Br2N2O3S. The molecule has 0 aliphatic carbocycles. The van der Waals surface area contributed by atoms with E-state index in [1.165, 1.54) is 17.4 Å². The van der Waals surface area contributed by atoms with Gasteiger partial charge in [0.15, 0.2) is 0 Å². The van der Waals surface area contributed by atoms with Gasteiger partial charge in [0.2, 0.25) is 0 Å². The largest absolute Gasteiger partial charge is 0.316 e. The Kier molecular flexibility index (Phi) is 4.80. The Morgan fingerprint density at radius 2 is 1.86 bits per heavy atom. The molecule has 0 spiro atoms. The fourth-order valence-corrected chi connectivity index (χ4v) is 4.53. The lowest BCUT2D eigenvalue weighted by Gasteiger charge is -2.08. The van der Waals surface area contributed by atoms with E-state index >= 15 is 0 Å². The van der Waals surface area contributed by atoms with Crippen LogP contribution in [0.5, 0.6) is 0 Å². The zero-order chi connectivity index (χ0) is 15.7. The normalized spacial score (nSPS) is 10.5. The lowest BCUT2D eigenvalue weighted by Crippen LogP contribution is -2.13. The van der Waals surface area contributed by atoms with Crippen molar-refractivity contribution in [2.75, 3.05) is 5.32 Å².